The fraction of sp³-hybridized carbons (Fsp3) is 0.400. The monoisotopic (exact) mass is 493 g/mol. The van der Waals surface area contributed by atoms with Crippen LogP contribution in [0, 0.1) is 5.92 Å². The summed E-state index contributed by atoms with van der Waals surface area (Å²) in [4.78, 5) is 44.1. The van der Waals surface area contributed by atoms with Crippen molar-refractivity contribution in [2.24, 2.45) is 11.0 Å². The summed E-state index contributed by atoms with van der Waals surface area (Å²) in [5.41, 5.74) is 10.1. The van der Waals surface area contributed by atoms with E-state index in [0.29, 0.717) is 44.0 Å². The first-order valence-corrected chi connectivity index (χ1v) is 11.7. The molecule has 0 bridgehead atoms. The lowest BCUT2D eigenvalue weighted by molar-refractivity contribution is -0.159. The summed E-state index contributed by atoms with van der Waals surface area (Å²) in [6, 6.07) is 14.8. The third-order valence-corrected chi connectivity index (χ3v) is 6.06. The maximum atomic E-state index is 13.1. The molecular formula is C25H27N5O6. The topological polar surface area (TPSA) is 134 Å². The van der Waals surface area contributed by atoms with Gasteiger partial charge in [-0.15, -0.1) is 0 Å². The van der Waals surface area contributed by atoms with Crippen molar-refractivity contribution >= 4 is 17.8 Å². The number of piperazine rings is 1. The standard InChI is InChI=1S/C25H27N5O6/c26-28-27-9-4-10-29-11-12-30(24(32)23(29)31)15-20(25(33)34-16-18-5-2-1-3-6-18)13-19-7-8-21-22(14-19)36-17-35-21/h1-3,5-8,14,20H,4,9-13,15-17H2. The lowest BCUT2D eigenvalue weighted by Crippen LogP contribution is -2.56. The second-order valence-corrected chi connectivity index (χ2v) is 8.53. The van der Waals surface area contributed by atoms with Crippen LogP contribution >= 0.6 is 0 Å². The number of hydrogen-bond donors (Lipinski definition) is 0. The number of esters is 1. The highest BCUT2D eigenvalue weighted by Gasteiger charge is 2.35. The van der Waals surface area contributed by atoms with Gasteiger partial charge in [-0.2, -0.15) is 0 Å². The molecule has 1 atom stereocenters. The Morgan fingerprint density at radius 2 is 1.78 bits per heavy atom. The highest BCUT2D eigenvalue weighted by molar-refractivity contribution is 6.35. The van der Waals surface area contributed by atoms with Gasteiger partial charge in [-0.05, 0) is 41.6 Å². The highest BCUT2D eigenvalue weighted by atomic mass is 16.7. The smallest absolute Gasteiger partial charge is 0.312 e. The molecule has 11 nitrogen and oxygen atoms in total. The van der Waals surface area contributed by atoms with Crippen LogP contribution in [0.4, 0.5) is 0 Å². The Bertz CT molecular complexity index is 1150. The number of ether oxygens (including phenoxy) is 3. The molecule has 2 aromatic rings. The van der Waals surface area contributed by atoms with E-state index in [1.54, 1.807) is 6.07 Å². The summed E-state index contributed by atoms with van der Waals surface area (Å²) in [5, 5.41) is 3.45. The predicted octanol–water partition coefficient (Wildman–Crippen LogP) is 2.69. The van der Waals surface area contributed by atoms with Crippen LogP contribution in [-0.2, 0) is 32.1 Å². The quantitative estimate of drug-likeness (QED) is 0.118. The molecule has 2 aliphatic rings. The average molecular weight is 494 g/mol. The molecule has 0 radical (unpaired) electrons. The van der Waals surface area contributed by atoms with Gasteiger partial charge < -0.3 is 24.0 Å². The zero-order chi connectivity index (χ0) is 25.3. The number of carbonyl (C=O) groups excluding carboxylic acids is 3. The number of hydrogen-bond acceptors (Lipinski definition) is 7. The van der Waals surface area contributed by atoms with Crippen molar-refractivity contribution in [1.29, 1.82) is 0 Å². The van der Waals surface area contributed by atoms with Crippen molar-refractivity contribution in [3.63, 3.8) is 0 Å². The van der Waals surface area contributed by atoms with Gasteiger partial charge in [-0.1, -0.05) is 41.5 Å². The van der Waals surface area contributed by atoms with E-state index in [1.807, 2.05) is 42.5 Å². The average Bonchev–Trinajstić information content (AvgIpc) is 3.37. The second kappa shape index (κ2) is 11.9. The van der Waals surface area contributed by atoms with E-state index < -0.39 is 23.7 Å². The number of amides is 2. The van der Waals surface area contributed by atoms with Crippen LogP contribution in [-0.4, -0.2) is 67.1 Å². The fourth-order valence-corrected chi connectivity index (χ4v) is 4.17. The lowest BCUT2D eigenvalue weighted by Gasteiger charge is -2.35. The van der Waals surface area contributed by atoms with Gasteiger partial charge in [0.05, 0.1) is 5.92 Å². The molecule has 0 spiro atoms. The fourth-order valence-electron chi connectivity index (χ4n) is 4.17. The molecule has 188 valence electrons. The Morgan fingerprint density at radius 3 is 2.58 bits per heavy atom. The molecule has 2 aromatic carbocycles. The molecular weight excluding hydrogens is 466 g/mol. The number of carbonyl (C=O) groups is 3. The van der Waals surface area contributed by atoms with Crippen molar-refractivity contribution in [2.45, 2.75) is 19.4 Å². The van der Waals surface area contributed by atoms with Crippen LogP contribution in [0.3, 0.4) is 0 Å². The molecule has 2 amide bonds. The first-order chi connectivity index (χ1) is 17.5. The van der Waals surface area contributed by atoms with E-state index in [9.17, 15) is 14.4 Å². The van der Waals surface area contributed by atoms with Gasteiger partial charge in [-0.25, -0.2) is 0 Å². The zero-order valence-electron chi connectivity index (χ0n) is 19.7. The maximum absolute atomic E-state index is 13.1. The molecule has 0 aromatic heterocycles. The summed E-state index contributed by atoms with van der Waals surface area (Å²) in [6.07, 6.45) is 0.778. The number of benzene rings is 2. The molecule has 0 saturated carbocycles. The van der Waals surface area contributed by atoms with Crippen LogP contribution in [0.2, 0.25) is 0 Å². The Hall–Kier alpha value is -4.24. The molecule has 1 saturated heterocycles. The van der Waals surface area contributed by atoms with Crippen LogP contribution in [0.25, 0.3) is 10.4 Å². The Morgan fingerprint density at radius 1 is 1.03 bits per heavy atom. The molecule has 0 aliphatic carbocycles. The van der Waals surface area contributed by atoms with Crippen molar-refractivity contribution in [3.05, 3.63) is 70.1 Å². The summed E-state index contributed by atoms with van der Waals surface area (Å²) in [6.45, 7) is 1.54. The minimum absolute atomic E-state index is 0.0548. The van der Waals surface area contributed by atoms with Crippen molar-refractivity contribution in [1.82, 2.24) is 9.80 Å². The minimum Gasteiger partial charge on any atom is -0.461 e. The lowest BCUT2D eigenvalue weighted by atomic mass is 9.97. The normalized spacial score (nSPS) is 15.4. The van der Waals surface area contributed by atoms with E-state index >= 15 is 0 Å². The van der Waals surface area contributed by atoms with Crippen molar-refractivity contribution < 1.29 is 28.6 Å². The van der Waals surface area contributed by atoms with E-state index in [-0.39, 0.29) is 26.5 Å². The zero-order valence-corrected chi connectivity index (χ0v) is 19.7. The molecule has 0 N–H and O–H groups in total. The highest BCUT2D eigenvalue weighted by Crippen LogP contribution is 2.33. The van der Waals surface area contributed by atoms with Gasteiger partial charge >= 0.3 is 17.8 Å². The van der Waals surface area contributed by atoms with E-state index in [4.69, 9.17) is 19.7 Å². The summed E-state index contributed by atoms with van der Waals surface area (Å²) >= 11 is 0. The third-order valence-electron chi connectivity index (χ3n) is 6.06. The van der Waals surface area contributed by atoms with Crippen LogP contribution < -0.4 is 9.47 Å². The molecule has 2 aliphatic heterocycles. The number of fused-ring (bicyclic) bond motifs is 1. The minimum atomic E-state index is -0.678. The summed E-state index contributed by atoms with van der Waals surface area (Å²) in [5.74, 6) is -1.17. The van der Waals surface area contributed by atoms with Crippen LogP contribution in [0.15, 0.2) is 53.6 Å². The van der Waals surface area contributed by atoms with E-state index in [0.717, 1.165) is 11.1 Å². The van der Waals surface area contributed by atoms with Gasteiger partial charge in [-0.3, -0.25) is 14.4 Å². The van der Waals surface area contributed by atoms with Gasteiger partial charge in [0.2, 0.25) is 6.79 Å². The number of nitrogens with zero attached hydrogens (tertiary/aromatic N) is 5. The van der Waals surface area contributed by atoms with Gasteiger partial charge in [0.25, 0.3) is 0 Å². The van der Waals surface area contributed by atoms with Gasteiger partial charge in [0.1, 0.15) is 6.61 Å². The summed E-state index contributed by atoms with van der Waals surface area (Å²) in [7, 11) is 0. The largest absolute Gasteiger partial charge is 0.461 e. The third kappa shape index (κ3) is 6.25. The SMILES string of the molecule is [N-]=[N+]=NCCCN1CCN(CC(Cc2ccc3c(c2)OCO3)C(=O)OCc2ccccc2)C(=O)C1=O. The van der Waals surface area contributed by atoms with Gasteiger partial charge in [0, 0.05) is 37.6 Å². The Kier molecular flexibility index (Phi) is 8.25. The molecule has 36 heavy (non-hydrogen) atoms. The second-order valence-electron chi connectivity index (χ2n) is 8.53. The van der Waals surface area contributed by atoms with E-state index in [1.165, 1.54) is 9.80 Å². The Labute approximate surface area is 208 Å². The van der Waals surface area contributed by atoms with E-state index in [2.05, 4.69) is 10.0 Å². The summed E-state index contributed by atoms with van der Waals surface area (Å²) < 4.78 is 16.4. The molecule has 4 rings (SSSR count). The number of rotatable bonds is 11. The van der Waals surface area contributed by atoms with Gasteiger partial charge in [0.15, 0.2) is 11.5 Å². The van der Waals surface area contributed by atoms with Crippen molar-refractivity contribution in [2.75, 3.05) is 39.5 Å². The molecule has 2 heterocycles. The number of azide groups is 1. The molecule has 11 heteroatoms. The molecule has 1 fully saturated rings. The van der Waals surface area contributed by atoms with Crippen LogP contribution in [0.1, 0.15) is 17.5 Å². The predicted molar refractivity (Wildman–Crippen MR) is 128 cm³/mol. The first kappa shape index (κ1) is 24.9. The Balaban J connectivity index is 1.43. The maximum Gasteiger partial charge on any atom is 0.312 e. The van der Waals surface area contributed by atoms with Crippen LogP contribution in [0.5, 0.6) is 11.5 Å². The first-order valence-electron chi connectivity index (χ1n) is 11.7. The van der Waals surface area contributed by atoms with Crippen molar-refractivity contribution in [3.8, 4) is 11.5 Å². The molecule has 1 unspecified atom stereocenters.